The number of Topliss-reactive ketones (excluding diaryl/α,β-unsaturated/α-hetero) is 1. The molecule has 0 aliphatic carbocycles. The lowest BCUT2D eigenvalue weighted by molar-refractivity contribution is -0.116. The van der Waals surface area contributed by atoms with Crippen LogP contribution in [0.2, 0.25) is 0 Å². The number of carbonyl (C=O) groups excluding carboxylic acids is 2. The molecule has 0 saturated carbocycles. The average molecular weight is 318 g/mol. The molecule has 1 amide bonds. The van der Waals surface area contributed by atoms with E-state index in [2.05, 4.69) is 10.6 Å². The van der Waals surface area contributed by atoms with Crippen LogP contribution in [-0.4, -0.2) is 17.7 Å². The van der Waals surface area contributed by atoms with Crippen molar-refractivity contribution in [3.8, 4) is 0 Å². The van der Waals surface area contributed by atoms with E-state index >= 15 is 0 Å². The molecule has 2 N–H and O–H groups in total. The lowest BCUT2D eigenvalue weighted by Crippen LogP contribution is -2.31. The monoisotopic (exact) mass is 318 g/mol. The van der Waals surface area contributed by atoms with Gasteiger partial charge in [-0.3, -0.25) is 9.59 Å². The van der Waals surface area contributed by atoms with Crippen molar-refractivity contribution in [2.45, 2.75) is 19.9 Å². The Bertz CT molecular complexity index is 747. The van der Waals surface area contributed by atoms with Crippen LogP contribution < -0.4 is 10.6 Å². The van der Waals surface area contributed by atoms with Gasteiger partial charge in [0.15, 0.2) is 17.4 Å². The fraction of sp³-hybridized carbons (Fsp3) is 0.176. The molecule has 0 saturated heterocycles. The van der Waals surface area contributed by atoms with Crippen LogP contribution in [0.1, 0.15) is 24.2 Å². The van der Waals surface area contributed by atoms with Crippen LogP contribution in [0.4, 0.5) is 20.2 Å². The van der Waals surface area contributed by atoms with Crippen molar-refractivity contribution in [3.05, 3.63) is 59.7 Å². The molecule has 23 heavy (non-hydrogen) atoms. The smallest absolute Gasteiger partial charge is 0.246 e. The summed E-state index contributed by atoms with van der Waals surface area (Å²) in [5.74, 6) is -2.41. The minimum absolute atomic E-state index is 0.103. The third-order valence-corrected chi connectivity index (χ3v) is 3.23. The summed E-state index contributed by atoms with van der Waals surface area (Å²) in [6.07, 6.45) is 0. The summed E-state index contributed by atoms with van der Waals surface area (Å²) < 4.78 is 26.0. The molecule has 0 fully saturated rings. The van der Waals surface area contributed by atoms with Gasteiger partial charge < -0.3 is 10.6 Å². The third-order valence-electron chi connectivity index (χ3n) is 3.23. The van der Waals surface area contributed by atoms with Gasteiger partial charge in [0, 0.05) is 23.0 Å². The van der Waals surface area contributed by atoms with Crippen molar-refractivity contribution in [2.24, 2.45) is 0 Å². The fourth-order valence-electron chi connectivity index (χ4n) is 1.97. The number of hydrogen-bond acceptors (Lipinski definition) is 3. The van der Waals surface area contributed by atoms with Gasteiger partial charge in [0.05, 0.1) is 0 Å². The molecule has 1 atom stereocenters. The molecule has 0 aliphatic heterocycles. The first-order valence-electron chi connectivity index (χ1n) is 7.00. The average Bonchev–Trinajstić information content (AvgIpc) is 2.51. The number of anilines is 2. The molecule has 120 valence electrons. The lowest BCUT2D eigenvalue weighted by Gasteiger charge is -2.15. The van der Waals surface area contributed by atoms with Crippen LogP contribution in [0.5, 0.6) is 0 Å². The molecule has 4 nitrogen and oxygen atoms in total. The molecule has 0 aromatic heterocycles. The van der Waals surface area contributed by atoms with E-state index in [9.17, 15) is 18.4 Å². The van der Waals surface area contributed by atoms with E-state index in [1.165, 1.54) is 13.0 Å². The van der Waals surface area contributed by atoms with E-state index in [1.807, 2.05) is 0 Å². The summed E-state index contributed by atoms with van der Waals surface area (Å²) in [6, 6.07) is 9.19. The normalized spacial score (nSPS) is 11.7. The molecule has 2 rings (SSSR count). The van der Waals surface area contributed by atoms with Gasteiger partial charge in [-0.25, -0.2) is 8.78 Å². The van der Waals surface area contributed by atoms with Crippen molar-refractivity contribution < 1.29 is 18.4 Å². The maximum atomic E-state index is 13.2. The molecular weight excluding hydrogens is 302 g/mol. The molecule has 0 bridgehead atoms. The van der Waals surface area contributed by atoms with E-state index in [0.29, 0.717) is 16.9 Å². The van der Waals surface area contributed by atoms with E-state index < -0.39 is 17.7 Å². The van der Waals surface area contributed by atoms with Crippen LogP contribution in [0, 0.1) is 11.6 Å². The standard InChI is InChI=1S/C17H16F2N2O2/c1-10(20-14-6-7-15(18)16(19)9-14)17(23)21-13-5-3-4-12(8-13)11(2)22/h3-10,20H,1-2H3,(H,21,23). The van der Waals surface area contributed by atoms with E-state index in [0.717, 1.165) is 12.1 Å². The molecule has 0 heterocycles. The van der Waals surface area contributed by atoms with Crippen molar-refractivity contribution in [3.63, 3.8) is 0 Å². The Morgan fingerprint density at radius 1 is 1.00 bits per heavy atom. The number of ketones is 1. The number of nitrogens with one attached hydrogen (secondary N) is 2. The Morgan fingerprint density at radius 2 is 1.74 bits per heavy atom. The molecular formula is C17H16F2N2O2. The number of halogens is 2. The van der Waals surface area contributed by atoms with Crippen LogP contribution in [0.25, 0.3) is 0 Å². The predicted octanol–water partition coefficient (Wildman–Crippen LogP) is 3.61. The quantitative estimate of drug-likeness (QED) is 0.828. The summed E-state index contributed by atoms with van der Waals surface area (Å²) in [5.41, 5.74) is 1.27. The topological polar surface area (TPSA) is 58.2 Å². The first-order chi connectivity index (χ1) is 10.9. The third kappa shape index (κ3) is 4.35. The van der Waals surface area contributed by atoms with Gasteiger partial charge >= 0.3 is 0 Å². The predicted molar refractivity (Wildman–Crippen MR) is 84.5 cm³/mol. The van der Waals surface area contributed by atoms with E-state index in [-0.39, 0.29) is 11.7 Å². The van der Waals surface area contributed by atoms with Crippen molar-refractivity contribution >= 4 is 23.1 Å². The van der Waals surface area contributed by atoms with Gasteiger partial charge in [-0.2, -0.15) is 0 Å². The number of carbonyl (C=O) groups is 2. The molecule has 0 radical (unpaired) electrons. The van der Waals surface area contributed by atoms with Gasteiger partial charge in [-0.15, -0.1) is 0 Å². The van der Waals surface area contributed by atoms with Crippen LogP contribution in [-0.2, 0) is 4.79 Å². The number of hydrogen-bond donors (Lipinski definition) is 2. The zero-order chi connectivity index (χ0) is 17.0. The minimum atomic E-state index is -0.989. The number of amides is 1. The molecule has 2 aromatic carbocycles. The Labute approximate surface area is 132 Å². The summed E-state index contributed by atoms with van der Waals surface area (Å²) in [7, 11) is 0. The maximum absolute atomic E-state index is 13.2. The fourth-order valence-corrected chi connectivity index (χ4v) is 1.97. The zero-order valence-corrected chi connectivity index (χ0v) is 12.7. The van der Waals surface area contributed by atoms with Crippen LogP contribution >= 0.6 is 0 Å². The largest absolute Gasteiger partial charge is 0.374 e. The highest BCUT2D eigenvalue weighted by Crippen LogP contribution is 2.15. The van der Waals surface area contributed by atoms with E-state index in [4.69, 9.17) is 0 Å². The number of rotatable bonds is 5. The SMILES string of the molecule is CC(=O)c1cccc(NC(=O)C(C)Nc2ccc(F)c(F)c2)c1. The first kappa shape index (κ1) is 16.6. The van der Waals surface area contributed by atoms with Gasteiger partial charge in [0.2, 0.25) is 5.91 Å². The molecule has 2 aromatic rings. The van der Waals surface area contributed by atoms with Gasteiger partial charge in [-0.1, -0.05) is 12.1 Å². The highest BCUT2D eigenvalue weighted by atomic mass is 19.2. The molecule has 1 unspecified atom stereocenters. The molecule has 0 spiro atoms. The van der Waals surface area contributed by atoms with Crippen molar-refractivity contribution in [1.29, 1.82) is 0 Å². The summed E-state index contributed by atoms with van der Waals surface area (Å²) >= 11 is 0. The maximum Gasteiger partial charge on any atom is 0.246 e. The minimum Gasteiger partial charge on any atom is -0.374 e. The van der Waals surface area contributed by atoms with Crippen LogP contribution in [0.15, 0.2) is 42.5 Å². The lowest BCUT2D eigenvalue weighted by atomic mass is 10.1. The summed E-state index contributed by atoms with van der Waals surface area (Å²) in [5, 5.41) is 5.44. The highest BCUT2D eigenvalue weighted by molar-refractivity contribution is 5.99. The Hall–Kier alpha value is -2.76. The number of benzene rings is 2. The van der Waals surface area contributed by atoms with Gasteiger partial charge in [0.25, 0.3) is 0 Å². The Kier molecular flexibility index (Phi) is 5.05. The first-order valence-corrected chi connectivity index (χ1v) is 7.00. The van der Waals surface area contributed by atoms with Crippen molar-refractivity contribution in [1.82, 2.24) is 0 Å². The second-order valence-corrected chi connectivity index (χ2v) is 5.12. The molecule has 0 aliphatic rings. The second kappa shape index (κ2) is 7.00. The van der Waals surface area contributed by atoms with Gasteiger partial charge in [0.1, 0.15) is 6.04 Å². The summed E-state index contributed by atoms with van der Waals surface area (Å²) in [4.78, 5) is 23.5. The van der Waals surface area contributed by atoms with Crippen LogP contribution in [0.3, 0.4) is 0 Å². The second-order valence-electron chi connectivity index (χ2n) is 5.12. The zero-order valence-electron chi connectivity index (χ0n) is 12.7. The van der Waals surface area contributed by atoms with Crippen molar-refractivity contribution in [2.75, 3.05) is 10.6 Å². The molecule has 6 heteroatoms. The Balaban J connectivity index is 2.03. The highest BCUT2D eigenvalue weighted by Gasteiger charge is 2.14. The van der Waals surface area contributed by atoms with Gasteiger partial charge in [-0.05, 0) is 38.1 Å². The Morgan fingerprint density at radius 3 is 2.39 bits per heavy atom. The van der Waals surface area contributed by atoms with E-state index in [1.54, 1.807) is 31.2 Å². The summed E-state index contributed by atoms with van der Waals surface area (Å²) in [6.45, 7) is 3.03.